The number of hydrogen-bond donors (Lipinski definition) is 0. The van der Waals surface area contributed by atoms with Gasteiger partial charge in [0.1, 0.15) is 13.2 Å². The molecule has 0 amide bonds. The van der Waals surface area contributed by atoms with E-state index in [1.807, 2.05) is 0 Å². The summed E-state index contributed by atoms with van der Waals surface area (Å²) in [6.07, 6.45) is 79.6. The first kappa shape index (κ1) is 71.1. The molecule has 6 heteroatoms. The number of ether oxygens (including phenoxy) is 3. The molecule has 0 aliphatic heterocycles. The van der Waals surface area contributed by atoms with Gasteiger partial charge in [-0.2, -0.15) is 0 Å². The first-order chi connectivity index (χ1) is 36.5. The molecule has 430 valence electrons. The van der Waals surface area contributed by atoms with E-state index in [1.165, 1.54) is 205 Å². The number of carbonyl (C=O) groups excluding carboxylic acids is 3. The smallest absolute Gasteiger partial charge is 0.306 e. The van der Waals surface area contributed by atoms with Gasteiger partial charge in [0.2, 0.25) is 0 Å². The van der Waals surface area contributed by atoms with Crippen molar-refractivity contribution in [3.8, 4) is 0 Å². The molecule has 1 unspecified atom stereocenters. The lowest BCUT2D eigenvalue weighted by Gasteiger charge is -2.18. The Bertz CT molecular complexity index is 1330. The van der Waals surface area contributed by atoms with Crippen molar-refractivity contribution >= 4 is 17.9 Å². The second-order valence-corrected chi connectivity index (χ2v) is 21.6. The predicted molar refractivity (Wildman–Crippen MR) is 321 cm³/mol. The maximum atomic E-state index is 12.9. The van der Waals surface area contributed by atoms with Crippen molar-refractivity contribution in [2.75, 3.05) is 13.2 Å². The van der Waals surface area contributed by atoms with E-state index < -0.39 is 6.10 Å². The molecule has 0 N–H and O–H groups in total. The Kier molecular flexibility index (Phi) is 60.2. The molecule has 0 rings (SSSR count). The SMILES string of the molecule is CC/C=C\C/C=C\C/C=C\CCCCCC(=O)OCC(COC(=O)CCCCCCCCCCCCCCCCCCC/C=C\C/C=C\CCCCCCC)OC(=O)CCCCCCCCCCCCCCCC. The molecule has 0 aliphatic rings. The molecule has 0 saturated carbocycles. The molecule has 0 aromatic rings. The van der Waals surface area contributed by atoms with Crippen LogP contribution in [0.3, 0.4) is 0 Å². The molecule has 6 nitrogen and oxygen atoms in total. The Hall–Kier alpha value is -2.89. The van der Waals surface area contributed by atoms with Gasteiger partial charge in [-0.15, -0.1) is 0 Å². The van der Waals surface area contributed by atoms with Crippen LogP contribution in [-0.4, -0.2) is 37.2 Å². The molecule has 0 spiro atoms. The van der Waals surface area contributed by atoms with E-state index in [0.717, 1.165) is 89.9 Å². The van der Waals surface area contributed by atoms with Gasteiger partial charge in [0.15, 0.2) is 6.10 Å². The number of esters is 3. The highest BCUT2D eigenvalue weighted by molar-refractivity contribution is 5.71. The fourth-order valence-corrected chi connectivity index (χ4v) is 9.43. The van der Waals surface area contributed by atoms with Crippen molar-refractivity contribution < 1.29 is 28.6 Å². The molecular formula is C68H122O6. The first-order valence-corrected chi connectivity index (χ1v) is 32.3. The van der Waals surface area contributed by atoms with Crippen LogP contribution in [0.4, 0.5) is 0 Å². The topological polar surface area (TPSA) is 78.9 Å². The minimum Gasteiger partial charge on any atom is -0.462 e. The lowest BCUT2D eigenvalue weighted by atomic mass is 10.0. The van der Waals surface area contributed by atoms with Gasteiger partial charge in [-0.25, -0.2) is 0 Å². The fourth-order valence-electron chi connectivity index (χ4n) is 9.43. The van der Waals surface area contributed by atoms with E-state index in [0.29, 0.717) is 19.3 Å². The Morgan fingerprint density at radius 1 is 0.284 bits per heavy atom. The summed E-state index contributed by atoms with van der Waals surface area (Å²) >= 11 is 0. The van der Waals surface area contributed by atoms with E-state index in [2.05, 4.69) is 81.5 Å². The van der Waals surface area contributed by atoms with Crippen LogP contribution in [0.1, 0.15) is 335 Å². The highest BCUT2D eigenvalue weighted by Gasteiger charge is 2.19. The summed E-state index contributed by atoms with van der Waals surface area (Å²) in [5.41, 5.74) is 0. The normalized spacial score (nSPS) is 12.4. The highest BCUT2D eigenvalue weighted by Crippen LogP contribution is 2.17. The molecule has 0 aromatic carbocycles. The Morgan fingerprint density at radius 3 is 0.838 bits per heavy atom. The lowest BCUT2D eigenvalue weighted by molar-refractivity contribution is -0.167. The van der Waals surface area contributed by atoms with E-state index in [1.54, 1.807) is 0 Å². The molecule has 0 fully saturated rings. The maximum absolute atomic E-state index is 12.9. The Balaban J connectivity index is 4.17. The van der Waals surface area contributed by atoms with E-state index >= 15 is 0 Å². The fraction of sp³-hybridized carbons (Fsp3) is 0.809. The molecule has 0 aliphatic carbocycles. The summed E-state index contributed by atoms with van der Waals surface area (Å²) in [4.78, 5) is 38.2. The summed E-state index contributed by atoms with van der Waals surface area (Å²) in [5.74, 6) is -0.893. The van der Waals surface area contributed by atoms with Crippen LogP contribution in [0.25, 0.3) is 0 Å². The number of allylic oxidation sites excluding steroid dienone is 10. The monoisotopic (exact) mass is 1030 g/mol. The van der Waals surface area contributed by atoms with Gasteiger partial charge in [-0.05, 0) is 83.5 Å². The second kappa shape index (κ2) is 62.6. The minimum atomic E-state index is -0.783. The average Bonchev–Trinajstić information content (AvgIpc) is 3.40. The zero-order valence-electron chi connectivity index (χ0n) is 49.4. The molecule has 0 bridgehead atoms. The van der Waals surface area contributed by atoms with Crippen molar-refractivity contribution in [1.82, 2.24) is 0 Å². The third-order valence-corrected chi connectivity index (χ3v) is 14.3. The summed E-state index contributed by atoms with van der Waals surface area (Å²) < 4.78 is 16.9. The molecule has 0 radical (unpaired) electrons. The molecule has 0 aromatic heterocycles. The third-order valence-electron chi connectivity index (χ3n) is 14.3. The number of hydrogen-bond acceptors (Lipinski definition) is 6. The van der Waals surface area contributed by atoms with Crippen LogP contribution in [0.2, 0.25) is 0 Å². The second-order valence-electron chi connectivity index (χ2n) is 21.6. The summed E-state index contributed by atoms with van der Waals surface area (Å²) in [6, 6.07) is 0. The minimum absolute atomic E-state index is 0.0795. The number of unbranched alkanes of at least 4 members (excludes halogenated alkanes) is 38. The van der Waals surface area contributed by atoms with Gasteiger partial charge in [0.05, 0.1) is 0 Å². The number of rotatable bonds is 59. The molecule has 1 atom stereocenters. The average molecular weight is 1040 g/mol. The van der Waals surface area contributed by atoms with Crippen LogP contribution >= 0.6 is 0 Å². The molecule has 0 heterocycles. The summed E-state index contributed by atoms with van der Waals surface area (Å²) in [5, 5.41) is 0. The zero-order valence-corrected chi connectivity index (χ0v) is 49.4. The summed E-state index contributed by atoms with van der Waals surface area (Å²) in [6.45, 7) is 6.53. The molecular weight excluding hydrogens is 913 g/mol. The predicted octanol–water partition coefficient (Wildman–Crippen LogP) is 21.9. The van der Waals surface area contributed by atoms with Crippen molar-refractivity contribution in [3.05, 3.63) is 60.8 Å². The van der Waals surface area contributed by atoms with Gasteiger partial charge in [-0.3, -0.25) is 14.4 Å². The van der Waals surface area contributed by atoms with Crippen molar-refractivity contribution in [3.63, 3.8) is 0 Å². The Labute approximate surface area is 460 Å². The third kappa shape index (κ3) is 60.0. The van der Waals surface area contributed by atoms with Gasteiger partial charge in [0.25, 0.3) is 0 Å². The van der Waals surface area contributed by atoms with Gasteiger partial charge < -0.3 is 14.2 Å². The van der Waals surface area contributed by atoms with Crippen LogP contribution in [0.5, 0.6) is 0 Å². The number of carbonyl (C=O) groups is 3. The molecule has 74 heavy (non-hydrogen) atoms. The maximum Gasteiger partial charge on any atom is 0.306 e. The van der Waals surface area contributed by atoms with Crippen LogP contribution in [0, 0.1) is 0 Å². The van der Waals surface area contributed by atoms with E-state index in [9.17, 15) is 14.4 Å². The van der Waals surface area contributed by atoms with Gasteiger partial charge in [0, 0.05) is 19.3 Å². The van der Waals surface area contributed by atoms with Crippen LogP contribution < -0.4 is 0 Å². The van der Waals surface area contributed by atoms with Crippen LogP contribution in [-0.2, 0) is 28.6 Å². The molecule has 0 saturated heterocycles. The quantitative estimate of drug-likeness (QED) is 0.0261. The van der Waals surface area contributed by atoms with Gasteiger partial charge in [-0.1, -0.05) is 293 Å². The van der Waals surface area contributed by atoms with E-state index in [4.69, 9.17) is 14.2 Å². The lowest BCUT2D eigenvalue weighted by Crippen LogP contribution is -2.30. The highest BCUT2D eigenvalue weighted by atomic mass is 16.6. The Morgan fingerprint density at radius 2 is 0.527 bits per heavy atom. The van der Waals surface area contributed by atoms with Crippen molar-refractivity contribution in [1.29, 1.82) is 0 Å². The van der Waals surface area contributed by atoms with Crippen molar-refractivity contribution in [2.45, 2.75) is 341 Å². The van der Waals surface area contributed by atoms with Gasteiger partial charge >= 0.3 is 17.9 Å². The zero-order chi connectivity index (χ0) is 53.6. The largest absolute Gasteiger partial charge is 0.462 e. The van der Waals surface area contributed by atoms with Crippen LogP contribution in [0.15, 0.2) is 60.8 Å². The van der Waals surface area contributed by atoms with E-state index in [-0.39, 0.29) is 31.1 Å². The summed E-state index contributed by atoms with van der Waals surface area (Å²) in [7, 11) is 0. The standard InChI is InChI=1S/C68H122O6/c1-4-7-10-13-16-19-22-25-27-28-29-30-31-32-33-34-35-36-37-38-39-40-41-44-46-49-52-55-58-61-67(70)73-64-65(63-72-66(69)60-57-54-51-48-45-42-24-21-18-15-12-9-6-3)74-68(71)62-59-56-53-50-47-43-26-23-20-17-14-11-8-5-2/h9,12,18,21-22,25,28-29,42,45,65H,4-8,10-11,13-17,19-20,23-24,26-27,30-41,43-44,46-64H2,1-3H3/b12-9-,21-18-,25-22-,29-28-,45-42-. The first-order valence-electron chi connectivity index (χ1n) is 32.3. The van der Waals surface area contributed by atoms with Crippen molar-refractivity contribution in [2.24, 2.45) is 0 Å².